The Kier molecular flexibility index (Phi) is 4.10. The fourth-order valence-electron chi connectivity index (χ4n) is 2.14. The van der Waals surface area contributed by atoms with Gasteiger partial charge in [-0.3, -0.25) is 0 Å². The van der Waals surface area contributed by atoms with Gasteiger partial charge in [0.05, 0.1) is 25.5 Å². The lowest BCUT2D eigenvalue weighted by Gasteiger charge is -2.19. The highest BCUT2D eigenvalue weighted by atomic mass is 32.2. The molecule has 2 heterocycles. The van der Waals surface area contributed by atoms with Crippen LogP contribution in [0.25, 0.3) is 0 Å². The zero-order chi connectivity index (χ0) is 15.6. The molecule has 0 spiro atoms. The predicted molar refractivity (Wildman–Crippen MR) is 76.8 cm³/mol. The summed E-state index contributed by atoms with van der Waals surface area (Å²) in [7, 11) is -2.20. The second kappa shape index (κ2) is 6.03. The Labute approximate surface area is 128 Å². The lowest BCUT2D eigenvalue weighted by atomic mass is 10.2. The van der Waals surface area contributed by atoms with E-state index in [9.17, 15) is 8.42 Å². The van der Waals surface area contributed by atoms with Crippen molar-refractivity contribution >= 4 is 10.0 Å². The molecule has 1 aliphatic rings. The molecule has 1 fully saturated rings. The van der Waals surface area contributed by atoms with Crippen molar-refractivity contribution in [2.24, 2.45) is 7.05 Å². The highest BCUT2D eigenvalue weighted by molar-refractivity contribution is 7.89. The molecule has 1 N–H and O–H groups in total. The van der Waals surface area contributed by atoms with Crippen LogP contribution in [0.2, 0.25) is 0 Å². The third-order valence-electron chi connectivity index (χ3n) is 3.22. The first-order chi connectivity index (χ1) is 10.5. The maximum Gasteiger partial charge on any atom is 0.261 e. The Morgan fingerprint density at radius 1 is 1.32 bits per heavy atom. The van der Waals surface area contributed by atoms with E-state index in [2.05, 4.69) is 14.9 Å². The Hall–Kier alpha value is -1.97. The van der Waals surface area contributed by atoms with Crippen molar-refractivity contribution in [3.63, 3.8) is 0 Å². The van der Waals surface area contributed by atoms with Gasteiger partial charge in [-0.15, -0.1) is 5.10 Å². The number of hydrogen-bond donors (Lipinski definition) is 1. The maximum absolute atomic E-state index is 12.3. The largest absolute Gasteiger partial charge is 0.486 e. The van der Waals surface area contributed by atoms with E-state index in [1.165, 1.54) is 11.0 Å². The Morgan fingerprint density at radius 2 is 2.09 bits per heavy atom. The molecular weight excluding hydrogens is 308 g/mol. The van der Waals surface area contributed by atoms with Gasteiger partial charge < -0.3 is 9.47 Å². The van der Waals surface area contributed by atoms with Crippen molar-refractivity contribution in [3.05, 3.63) is 36.5 Å². The monoisotopic (exact) mass is 324 g/mol. The smallest absolute Gasteiger partial charge is 0.261 e. The van der Waals surface area contributed by atoms with Crippen LogP contribution in [0, 0.1) is 0 Å². The van der Waals surface area contributed by atoms with Gasteiger partial charge in [0.2, 0.25) is 5.03 Å². The molecule has 1 aromatic carbocycles. The number of ether oxygens (including phenoxy) is 2. The molecule has 2 aromatic rings. The second-order valence-corrected chi connectivity index (χ2v) is 6.57. The third-order valence-corrected chi connectivity index (χ3v) is 4.57. The quantitative estimate of drug-likeness (QED) is 0.828. The number of para-hydroxylation sites is 1. The van der Waals surface area contributed by atoms with E-state index in [0.29, 0.717) is 12.4 Å². The first-order valence-electron chi connectivity index (χ1n) is 6.73. The minimum Gasteiger partial charge on any atom is -0.486 e. The van der Waals surface area contributed by atoms with Gasteiger partial charge in [0, 0.05) is 7.05 Å². The van der Waals surface area contributed by atoms with Crippen LogP contribution in [-0.4, -0.2) is 48.8 Å². The summed E-state index contributed by atoms with van der Waals surface area (Å²) in [4.78, 5) is 1.19. The summed E-state index contributed by atoms with van der Waals surface area (Å²) in [6, 6.07) is 8.73. The summed E-state index contributed by atoms with van der Waals surface area (Å²) in [5.41, 5.74) is 0. The minimum atomic E-state index is -3.75. The van der Waals surface area contributed by atoms with Gasteiger partial charge in [0.1, 0.15) is 11.9 Å². The third kappa shape index (κ3) is 3.26. The van der Waals surface area contributed by atoms with Crippen molar-refractivity contribution in [2.75, 3.05) is 13.2 Å². The van der Waals surface area contributed by atoms with Gasteiger partial charge in [-0.1, -0.05) is 18.2 Å². The van der Waals surface area contributed by atoms with E-state index >= 15 is 0 Å². The first-order valence-corrected chi connectivity index (χ1v) is 8.21. The Morgan fingerprint density at radius 3 is 2.77 bits per heavy atom. The van der Waals surface area contributed by atoms with Gasteiger partial charge in [-0.2, -0.15) is 9.90 Å². The van der Waals surface area contributed by atoms with Gasteiger partial charge in [-0.25, -0.2) is 13.1 Å². The summed E-state index contributed by atoms with van der Waals surface area (Å²) in [5.74, 6) is 0.668. The van der Waals surface area contributed by atoms with Crippen LogP contribution in [-0.2, 0) is 21.8 Å². The number of benzene rings is 1. The first kappa shape index (κ1) is 14.9. The van der Waals surface area contributed by atoms with Crippen molar-refractivity contribution in [3.8, 4) is 5.75 Å². The van der Waals surface area contributed by atoms with Crippen molar-refractivity contribution in [2.45, 2.75) is 17.2 Å². The number of sulfonamides is 1. The summed E-state index contributed by atoms with van der Waals surface area (Å²) in [6.45, 7) is 0.569. The topological polar surface area (TPSA) is 95.3 Å². The Balaban J connectivity index is 1.71. The molecule has 9 heteroatoms. The molecule has 1 saturated heterocycles. The van der Waals surface area contributed by atoms with Crippen LogP contribution in [0.1, 0.15) is 0 Å². The molecule has 3 rings (SSSR count). The molecule has 0 amide bonds. The summed E-state index contributed by atoms with van der Waals surface area (Å²) >= 11 is 0. The molecule has 2 atom stereocenters. The molecule has 0 aliphatic carbocycles. The number of rotatable bonds is 5. The molecule has 8 nitrogen and oxygen atoms in total. The average Bonchev–Trinajstić information content (AvgIpc) is 3.10. The highest BCUT2D eigenvalue weighted by Crippen LogP contribution is 2.18. The van der Waals surface area contributed by atoms with E-state index in [-0.39, 0.29) is 11.6 Å². The summed E-state index contributed by atoms with van der Waals surface area (Å²) in [6.07, 6.45) is 0.805. The van der Waals surface area contributed by atoms with Gasteiger partial charge in [0.15, 0.2) is 0 Å². The van der Waals surface area contributed by atoms with E-state index < -0.39 is 22.2 Å². The lowest BCUT2D eigenvalue weighted by molar-refractivity contribution is 0.140. The number of aryl methyl sites for hydroxylation is 1. The van der Waals surface area contributed by atoms with E-state index in [1.807, 2.05) is 30.3 Å². The molecule has 0 saturated carbocycles. The molecule has 0 bridgehead atoms. The number of nitrogens with zero attached hydrogens (tertiary/aromatic N) is 3. The highest BCUT2D eigenvalue weighted by Gasteiger charge is 2.34. The van der Waals surface area contributed by atoms with Crippen LogP contribution in [0.15, 0.2) is 41.6 Å². The van der Waals surface area contributed by atoms with Crippen LogP contribution >= 0.6 is 0 Å². The summed E-state index contributed by atoms with van der Waals surface area (Å²) < 4.78 is 38.2. The SMILES string of the molecule is Cn1ncc(S(=O)(=O)N[C@@H]2COC[C@@H]2Oc2ccccc2)n1. The van der Waals surface area contributed by atoms with Crippen molar-refractivity contribution in [1.82, 2.24) is 19.7 Å². The number of aromatic nitrogens is 3. The molecule has 0 radical (unpaired) electrons. The standard InChI is InChI=1S/C13H16N4O4S/c1-17-14-7-13(15-17)22(18,19)16-11-8-20-9-12(11)21-10-5-3-2-4-6-10/h2-7,11-12,16H,8-9H2,1H3/t11-,12+/m1/s1. The van der Waals surface area contributed by atoms with Crippen molar-refractivity contribution < 1.29 is 17.9 Å². The van der Waals surface area contributed by atoms with Crippen LogP contribution < -0.4 is 9.46 Å². The van der Waals surface area contributed by atoms with E-state index in [0.717, 1.165) is 0 Å². The normalized spacial score (nSPS) is 21.9. The fourth-order valence-corrected chi connectivity index (χ4v) is 3.30. The second-order valence-electron chi connectivity index (χ2n) is 4.91. The maximum atomic E-state index is 12.3. The predicted octanol–water partition coefficient (Wildman–Crippen LogP) is -0.0602. The van der Waals surface area contributed by atoms with E-state index in [4.69, 9.17) is 9.47 Å². The average molecular weight is 324 g/mol. The fraction of sp³-hybridized carbons (Fsp3) is 0.385. The molecule has 1 aliphatic heterocycles. The number of hydrogen-bond acceptors (Lipinski definition) is 6. The minimum absolute atomic E-state index is 0.125. The van der Waals surface area contributed by atoms with Crippen LogP contribution in [0.5, 0.6) is 5.75 Å². The zero-order valence-corrected chi connectivity index (χ0v) is 12.7. The number of nitrogens with one attached hydrogen (secondary N) is 1. The van der Waals surface area contributed by atoms with Gasteiger partial charge in [0.25, 0.3) is 10.0 Å². The molecule has 1 aromatic heterocycles. The molecule has 118 valence electrons. The van der Waals surface area contributed by atoms with Crippen LogP contribution in [0.4, 0.5) is 0 Å². The Bertz CT molecular complexity index is 732. The zero-order valence-electron chi connectivity index (χ0n) is 11.9. The van der Waals surface area contributed by atoms with Gasteiger partial charge >= 0.3 is 0 Å². The van der Waals surface area contributed by atoms with Gasteiger partial charge in [-0.05, 0) is 12.1 Å². The molecule has 0 unspecified atom stereocenters. The molecule has 22 heavy (non-hydrogen) atoms. The molecular formula is C13H16N4O4S. The van der Waals surface area contributed by atoms with Crippen molar-refractivity contribution in [1.29, 1.82) is 0 Å². The summed E-state index contributed by atoms with van der Waals surface area (Å²) in [5, 5.41) is 7.45. The van der Waals surface area contributed by atoms with Crippen LogP contribution in [0.3, 0.4) is 0 Å². The lowest BCUT2D eigenvalue weighted by Crippen LogP contribution is -2.45. The van der Waals surface area contributed by atoms with E-state index in [1.54, 1.807) is 7.05 Å².